The maximum atomic E-state index is 11.7. The van der Waals surface area contributed by atoms with Crippen molar-refractivity contribution in [2.75, 3.05) is 33.2 Å². The van der Waals surface area contributed by atoms with Crippen molar-refractivity contribution in [1.82, 2.24) is 20.9 Å². The van der Waals surface area contributed by atoms with Gasteiger partial charge in [-0.15, -0.1) is 0 Å². The van der Waals surface area contributed by atoms with Crippen molar-refractivity contribution in [2.45, 2.75) is 37.8 Å². The minimum atomic E-state index is -0.00625. The highest BCUT2D eigenvalue weighted by molar-refractivity contribution is 5.74. The molecule has 2 heterocycles. The molecule has 0 spiro atoms. The molecule has 0 aliphatic carbocycles. The summed E-state index contributed by atoms with van der Waals surface area (Å²) < 4.78 is 0. The Morgan fingerprint density at radius 3 is 2.76 bits per heavy atom. The zero-order valence-electron chi connectivity index (χ0n) is 10.7. The maximum absolute atomic E-state index is 11.7. The highest BCUT2D eigenvalue weighted by Gasteiger charge is 2.19. The zero-order chi connectivity index (χ0) is 12.1. The molecule has 1 unspecified atom stereocenters. The molecule has 98 valence electrons. The first-order valence-electron chi connectivity index (χ1n) is 6.70. The molecule has 0 bridgehead atoms. The van der Waals surface area contributed by atoms with E-state index in [4.69, 9.17) is 0 Å². The van der Waals surface area contributed by atoms with Crippen LogP contribution in [0.5, 0.6) is 0 Å². The van der Waals surface area contributed by atoms with Crippen LogP contribution in [0.4, 0.5) is 4.79 Å². The summed E-state index contributed by atoms with van der Waals surface area (Å²) in [4.78, 5) is 14.0. The fourth-order valence-electron chi connectivity index (χ4n) is 2.54. The van der Waals surface area contributed by atoms with Crippen molar-refractivity contribution in [3.05, 3.63) is 0 Å². The number of likely N-dealkylation sites (tertiary alicyclic amines) is 1. The van der Waals surface area contributed by atoms with E-state index < -0.39 is 0 Å². The Kier molecular flexibility index (Phi) is 4.62. The van der Waals surface area contributed by atoms with Crippen LogP contribution in [0.25, 0.3) is 0 Å². The van der Waals surface area contributed by atoms with Gasteiger partial charge in [-0.3, -0.25) is 0 Å². The van der Waals surface area contributed by atoms with Crippen molar-refractivity contribution in [2.24, 2.45) is 0 Å². The van der Waals surface area contributed by atoms with Crippen LogP contribution in [0.3, 0.4) is 0 Å². The van der Waals surface area contributed by atoms with Gasteiger partial charge in [-0.1, -0.05) is 0 Å². The minimum Gasteiger partial charge on any atom is -0.337 e. The Balaban J connectivity index is 1.60. The predicted molar refractivity (Wildman–Crippen MR) is 68.1 cm³/mol. The van der Waals surface area contributed by atoms with E-state index in [1.54, 1.807) is 0 Å². The van der Waals surface area contributed by atoms with E-state index in [0.29, 0.717) is 12.1 Å². The molecular formula is C12H24N4O. The van der Waals surface area contributed by atoms with E-state index >= 15 is 0 Å². The number of hydrogen-bond donors (Lipinski definition) is 3. The number of nitrogens with one attached hydrogen (secondary N) is 3. The van der Waals surface area contributed by atoms with Gasteiger partial charge < -0.3 is 20.9 Å². The lowest BCUT2D eigenvalue weighted by Crippen LogP contribution is -2.49. The van der Waals surface area contributed by atoms with Gasteiger partial charge in [-0.25, -0.2) is 4.79 Å². The van der Waals surface area contributed by atoms with Crippen LogP contribution < -0.4 is 16.0 Å². The average molecular weight is 240 g/mol. The fraction of sp³-hybridized carbons (Fsp3) is 0.917. The second-order valence-electron chi connectivity index (χ2n) is 5.23. The molecule has 1 atom stereocenters. The lowest BCUT2D eigenvalue weighted by molar-refractivity contribution is 0.213. The number of hydrogen-bond acceptors (Lipinski definition) is 3. The molecule has 0 saturated carbocycles. The molecule has 0 radical (unpaired) electrons. The number of carbonyl (C=O) groups excluding carboxylic acids is 1. The van der Waals surface area contributed by atoms with E-state index in [9.17, 15) is 4.79 Å². The molecule has 0 aromatic heterocycles. The average Bonchev–Trinajstić information content (AvgIpc) is 2.83. The molecule has 0 aromatic rings. The Morgan fingerprint density at radius 2 is 2.12 bits per heavy atom. The number of rotatable bonds is 3. The first-order valence-corrected chi connectivity index (χ1v) is 6.70. The van der Waals surface area contributed by atoms with Crippen molar-refractivity contribution < 1.29 is 4.79 Å². The van der Waals surface area contributed by atoms with E-state index in [-0.39, 0.29) is 6.03 Å². The molecule has 5 heteroatoms. The minimum absolute atomic E-state index is 0.00625. The molecule has 3 N–H and O–H groups in total. The lowest BCUT2D eigenvalue weighted by atomic mass is 10.1. The molecule has 2 fully saturated rings. The van der Waals surface area contributed by atoms with Gasteiger partial charge >= 0.3 is 6.03 Å². The molecule has 2 aliphatic rings. The smallest absolute Gasteiger partial charge is 0.315 e. The third-order valence-electron chi connectivity index (χ3n) is 3.73. The van der Waals surface area contributed by atoms with Crippen LogP contribution in [0, 0.1) is 0 Å². The molecule has 17 heavy (non-hydrogen) atoms. The third-order valence-corrected chi connectivity index (χ3v) is 3.73. The second-order valence-corrected chi connectivity index (χ2v) is 5.23. The molecular weight excluding hydrogens is 216 g/mol. The monoisotopic (exact) mass is 240 g/mol. The standard InChI is InChI=1S/C12H24N4O/c1-16-7-4-10(5-8-16)15-12(17)14-9-11-3-2-6-13-11/h10-11,13H,2-9H2,1H3,(H2,14,15,17). The van der Waals surface area contributed by atoms with Gasteiger partial charge in [0.1, 0.15) is 0 Å². The molecule has 2 amide bonds. The van der Waals surface area contributed by atoms with Gasteiger partial charge in [0.2, 0.25) is 0 Å². The van der Waals surface area contributed by atoms with Crippen LogP contribution in [-0.4, -0.2) is 56.2 Å². The number of amides is 2. The SMILES string of the molecule is CN1CCC(NC(=O)NCC2CCCN2)CC1. The van der Waals surface area contributed by atoms with E-state index in [1.807, 2.05) is 0 Å². The quantitative estimate of drug-likeness (QED) is 0.657. The van der Waals surface area contributed by atoms with Crippen LogP contribution in [0.2, 0.25) is 0 Å². The molecule has 2 aliphatic heterocycles. The first-order chi connectivity index (χ1) is 8.24. The van der Waals surface area contributed by atoms with Gasteiger partial charge in [0, 0.05) is 18.6 Å². The summed E-state index contributed by atoms with van der Waals surface area (Å²) in [7, 11) is 2.13. The fourth-order valence-corrected chi connectivity index (χ4v) is 2.54. The molecule has 5 nitrogen and oxygen atoms in total. The summed E-state index contributed by atoms with van der Waals surface area (Å²) in [6, 6.07) is 0.814. The van der Waals surface area contributed by atoms with Crippen LogP contribution in [0.1, 0.15) is 25.7 Å². The van der Waals surface area contributed by atoms with Gasteiger partial charge in [-0.05, 0) is 52.4 Å². The highest BCUT2D eigenvalue weighted by Crippen LogP contribution is 2.08. The van der Waals surface area contributed by atoms with Crippen molar-refractivity contribution in [3.8, 4) is 0 Å². The van der Waals surface area contributed by atoms with Gasteiger partial charge in [0.25, 0.3) is 0 Å². The Bertz CT molecular complexity index is 245. The Hall–Kier alpha value is -0.810. The van der Waals surface area contributed by atoms with E-state index in [2.05, 4.69) is 27.9 Å². The summed E-state index contributed by atoms with van der Waals surface area (Å²) >= 11 is 0. The lowest BCUT2D eigenvalue weighted by Gasteiger charge is -2.29. The number of piperidine rings is 1. The summed E-state index contributed by atoms with van der Waals surface area (Å²) in [5, 5.41) is 9.39. The Morgan fingerprint density at radius 1 is 1.35 bits per heavy atom. The second kappa shape index (κ2) is 6.21. The highest BCUT2D eigenvalue weighted by atomic mass is 16.2. The van der Waals surface area contributed by atoms with Crippen LogP contribution >= 0.6 is 0 Å². The first kappa shape index (κ1) is 12.6. The summed E-state index contributed by atoms with van der Waals surface area (Å²) in [6.45, 7) is 3.99. The van der Waals surface area contributed by atoms with Crippen molar-refractivity contribution >= 4 is 6.03 Å². The molecule has 2 saturated heterocycles. The summed E-state index contributed by atoms with van der Waals surface area (Å²) in [5.41, 5.74) is 0. The summed E-state index contributed by atoms with van der Waals surface area (Å²) in [6.07, 6.45) is 4.52. The topological polar surface area (TPSA) is 56.4 Å². The van der Waals surface area contributed by atoms with Crippen LogP contribution in [-0.2, 0) is 0 Å². The zero-order valence-corrected chi connectivity index (χ0v) is 10.7. The van der Waals surface area contributed by atoms with E-state index in [1.165, 1.54) is 12.8 Å². The largest absolute Gasteiger partial charge is 0.337 e. The number of urea groups is 1. The molecule has 2 rings (SSSR count). The van der Waals surface area contributed by atoms with Gasteiger partial charge in [0.05, 0.1) is 0 Å². The summed E-state index contributed by atoms with van der Waals surface area (Å²) in [5.74, 6) is 0. The predicted octanol–water partition coefficient (Wildman–Crippen LogP) is 0.132. The van der Waals surface area contributed by atoms with Crippen molar-refractivity contribution in [3.63, 3.8) is 0 Å². The van der Waals surface area contributed by atoms with Gasteiger partial charge in [0.15, 0.2) is 0 Å². The van der Waals surface area contributed by atoms with Crippen molar-refractivity contribution in [1.29, 1.82) is 0 Å². The molecule has 0 aromatic carbocycles. The van der Waals surface area contributed by atoms with Crippen LogP contribution in [0.15, 0.2) is 0 Å². The Labute approximate surface area is 103 Å². The number of carbonyl (C=O) groups is 1. The van der Waals surface area contributed by atoms with Gasteiger partial charge in [-0.2, -0.15) is 0 Å². The maximum Gasteiger partial charge on any atom is 0.315 e. The third kappa shape index (κ3) is 4.16. The van der Waals surface area contributed by atoms with E-state index in [0.717, 1.165) is 39.0 Å². The number of nitrogens with zero attached hydrogens (tertiary/aromatic N) is 1. The normalized spacial score (nSPS) is 27.0.